The lowest BCUT2D eigenvalue weighted by Gasteiger charge is -2.26. The number of halogens is 1. The van der Waals surface area contributed by atoms with E-state index in [1.165, 1.54) is 0 Å². The lowest BCUT2D eigenvalue weighted by Crippen LogP contribution is -2.37. The molecule has 32 heavy (non-hydrogen) atoms. The topological polar surface area (TPSA) is 83.7 Å². The Balaban J connectivity index is 1.59. The van der Waals surface area contributed by atoms with Crippen LogP contribution in [0.25, 0.3) is 11.4 Å². The Hall–Kier alpha value is -3.52. The molecule has 0 N–H and O–H groups in total. The lowest BCUT2D eigenvalue weighted by molar-refractivity contribution is -0.130. The highest BCUT2D eigenvalue weighted by atomic mass is 35.5. The zero-order valence-corrected chi connectivity index (χ0v) is 18.4. The summed E-state index contributed by atoms with van der Waals surface area (Å²) in [4.78, 5) is 36.8. The molecule has 0 spiro atoms. The Labute approximate surface area is 191 Å². The molecule has 3 aromatic rings. The van der Waals surface area contributed by atoms with Crippen LogP contribution in [0, 0.1) is 4.91 Å². The second kappa shape index (κ2) is 9.74. The molecule has 8 nitrogen and oxygen atoms in total. The van der Waals surface area contributed by atoms with Gasteiger partial charge in [0.1, 0.15) is 5.70 Å². The van der Waals surface area contributed by atoms with Crippen LogP contribution in [0.2, 0.25) is 5.02 Å². The minimum atomic E-state index is -0.0111. The molecule has 1 aromatic carbocycles. The number of hydrogen-bond acceptors (Lipinski definition) is 6. The predicted octanol–water partition coefficient (Wildman–Crippen LogP) is 3.93. The number of amides is 1. The number of nitroso groups, excluding NO2 is 1. The number of nitrogens with zero attached hydrogens (tertiary/aromatic N) is 6. The second-order valence-corrected chi connectivity index (χ2v) is 8.12. The van der Waals surface area contributed by atoms with Gasteiger partial charge in [0, 0.05) is 61.1 Å². The number of likely N-dealkylation sites (tertiary alicyclic amines) is 1. The fraction of sp³-hybridized carbons (Fsp3) is 0.261. The van der Waals surface area contributed by atoms with Crippen molar-refractivity contribution < 1.29 is 4.79 Å². The van der Waals surface area contributed by atoms with Crippen molar-refractivity contribution in [2.75, 3.05) is 26.7 Å². The van der Waals surface area contributed by atoms with Crippen molar-refractivity contribution in [3.8, 4) is 0 Å². The van der Waals surface area contributed by atoms with E-state index in [-0.39, 0.29) is 24.2 Å². The normalized spacial score (nSPS) is 16.6. The Morgan fingerprint density at radius 1 is 1.12 bits per heavy atom. The quantitative estimate of drug-likeness (QED) is 0.509. The Morgan fingerprint density at radius 2 is 1.88 bits per heavy atom. The highest BCUT2D eigenvalue weighted by Crippen LogP contribution is 2.30. The van der Waals surface area contributed by atoms with Crippen molar-refractivity contribution in [3.05, 3.63) is 88.6 Å². The van der Waals surface area contributed by atoms with Crippen LogP contribution in [0.4, 0.5) is 0 Å². The molecule has 164 valence electrons. The van der Waals surface area contributed by atoms with Crippen molar-refractivity contribution in [1.29, 1.82) is 0 Å². The number of carbonyl (C=O) groups is 1. The van der Waals surface area contributed by atoms with Crippen molar-refractivity contribution in [3.63, 3.8) is 0 Å². The number of hydrogen-bond donors (Lipinski definition) is 0. The van der Waals surface area contributed by atoms with Gasteiger partial charge in [-0.25, -0.2) is 4.98 Å². The molecule has 0 saturated carbocycles. The summed E-state index contributed by atoms with van der Waals surface area (Å²) in [5.74, 6) is -0.0111. The summed E-state index contributed by atoms with van der Waals surface area (Å²) in [6, 6.07) is 10.7. The molecule has 0 bridgehead atoms. The van der Waals surface area contributed by atoms with Crippen molar-refractivity contribution in [1.82, 2.24) is 24.3 Å². The van der Waals surface area contributed by atoms with E-state index in [9.17, 15) is 9.70 Å². The summed E-state index contributed by atoms with van der Waals surface area (Å²) in [6.07, 6.45) is 9.61. The van der Waals surface area contributed by atoms with E-state index in [0.29, 0.717) is 29.4 Å². The van der Waals surface area contributed by atoms with Gasteiger partial charge in [0.25, 0.3) is 0 Å². The van der Waals surface area contributed by atoms with E-state index in [4.69, 9.17) is 11.6 Å². The van der Waals surface area contributed by atoms with E-state index < -0.39 is 0 Å². The Bertz CT molecular complexity index is 1100. The SMILES string of the molecule is CN(CC(=O)N1CCC(n2ccnc2)C1)/C(=C(\N=O)c1ccc(Cl)cc1)c1ccncc1. The molecular formula is C23H23ClN6O2. The van der Waals surface area contributed by atoms with Crippen LogP contribution in [-0.4, -0.2) is 56.9 Å². The molecule has 1 fully saturated rings. The monoisotopic (exact) mass is 450 g/mol. The molecule has 1 aliphatic heterocycles. The smallest absolute Gasteiger partial charge is 0.242 e. The van der Waals surface area contributed by atoms with Crippen LogP contribution < -0.4 is 0 Å². The first kappa shape index (κ1) is 21.7. The third-order valence-electron chi connectivity index (χ3n) is 5.60. The standard InChI is InChI=1S/C23H23ClN6O2/c1-28(15-21(31)29-12-8-20(14-29)30-13-11-26-16-30)23(18-6-9-25-10-7-18)22(27-32)17-2-4-19(24)5-3-17/h2-7,9-11,13,16,20H,8,12,14-15H2,1H3/b23-22-. The first-order chi connectivity index (χ1) is 15.6. The molecule has 1 atom stereocenters. The molecule has 1 amide bonds. The van der Waals surface area contributed by atoms with Crippen molar-refractivity contribution >= 4 is 28.9 Å². The van der Waals surface area contributed by atoms with Crippen LogP contribution in [0.1, 0.15) is 23.6 Å². The summed E-state index contributed by atoms with van der Waals surface area (Å²) in [7, 11) is 1.79. The van der Waals surface area contributed by atoms with E-state index in [0.717, 1.165) is 12.0 Å². The molecule has 1 saturated heterocycles. The van der Waals surface area contributed by atoms with Gasteiger partial charge in [-0.15, -0.1) is 4.91 Å². The molecular weight excluding hydrogens is 428 g/mol. The molecule has 1 aliphatic rings. The van der Waals surface area contributed by atoms with Gasteiger partial charge in [-0.05, 0) is 35.9 Å². The van der Waals surface area contributed by atoms with Crippen LogP contribution in [0.3, 0.4) is 0 Å². The summed E-state index contributed by atoms with van der Waals surface area (Å²) in [5, 5.41) is 3.89. The molecule has 4 rings (SSSR count). The summed E-state index contributed by atoms with van der Waals surface area (Å²) < 4.78 is 2.04. The van der Waals surface area contributed by atoms with Gasteiger partial charge >= 0.3 is 0 Å². The number of benzene rings is 1. The summed E-state index contributed by atoms with van der Waals surface area (Å²) in [5.41, 5.74) is 2.17. The lowest BCUT2D eigenvalue weighted by atomic mass is 10.1. The molecule has 0 radical (unpaired) electrons. The average molecular weight is 451 g/mol. The van der Waals surface area contributed by atoms with E-state index >= 15 is 0 Å². The fourth-order valence-electron chi connectivity index (χ4n) is 3.97. The van der Waals surface area contributed by atoms with Gasteiger partial charge in [0.2, 0.25) is 5.91 Å². The maximum Gasteiger partial charge on any atom is 0.242 e. The number of pyridine rings is 1. The average Bonchev–Trinajstić information content (AvgIpc) is 3.50. The van der Waals surface area contributed by atoms with Gasteiger partial charge in [0.05, 0.1) is 24.6 Å². The molecule has 2 aromatic heterocycles. The van der Waals surface area contributed by atoms with Gasteiger partial charge in [-0.3, -0.25) is 9.78 Å². The van der Waals surface area contributed by atoms with Crippen molar-refractivity contribution in [2.24, 2.45) is 5.18 Å². The van der Waals surface area contributed by atoms with Crippen molar-refractivity contribution in [2.45, 2.75) is 12.5 Å². The van der Waals surface area contributed by atoms with Crippen LogP contribution >= 0.6 is 11.6 Å². The third-order valence-corrected chi connectivity index (χ3v) is 5.86. The fourth-order valence-corrected chi connectivity index (χ4v) is 4.09. The van der Waals surface area contributed by atoms with Gasteiger partial charge in [-0.2, -0.15) is 0 Å². The predicted molar refractivity (Wildman–Crippen MR) is 123 cm³/mol. The van der Waals surface area contributed by atoms with Crippen LogP contribution in [0.5, 0.6) is 0 Å². The first-order valence-corrected chi connectivity index (χ1v) is 10.6. The van der Waals surface area contributed by atoms with Crippen LogP contribution in [0.15, 0.2) is 72.7 Å². The molecule has 3 heterocycles. The largest absolute Gasteiger partial charge is 0.363 e. The van der Waals surface area contributed by atoms with E-state index in [1.807, 2.05) is 15.7 Å². The minimum absolute atomic E-state index is 0.0111. The Kier molecular flexibility index (Phi) is 6.61. The first-order valence-electron chi connectivity index (χ1n) is 10.3. The zero-order chi connectivity index (χ0) is 22.5. The van der Waals surface area contributed by atoms with Gasteiger partial charge in [0.15, 0.2) is 0 Å². The highest BCUT2D eigenvalue weighted by molar-refractivity contribution is 6.30. The van der Waals surface area contributed by atoms with Crippen LogP contribution in [-0.2, 0) is 4.79 Å². The number of aromatic nitrogens is 3. The maximum absolute atomic E-state index is 13.1. The number of carbonyl (C=O) groups excluding carboxylic acids is 1. The molecule has 0 aliphatic carbocycles. The highest BCUT2D eigenvalue weighted by Gasteiger charge is 2.28. The van der Waals surface area contributed by atoms with Gasteiger partial charge < -0.3 is 14.4 Å². The number of imidazole rings is 1. The summed E-state index contributed by atoms with van der Waals surface area (Å²) in [6.45, 7) is 1.42. The number of rotatable bonds is 7. The zero-order valence-electron chi connectivity index (χ0n) is 17.6. The molecule has 9 heteroatoms. The summed E-state index contributed by atoms with van der Waals surface area (Å²) >= 11 is 6.01. The molecule has 1 unspecified atom stereocenters. The second-order valence-electron chi connectivity index (χ2n) is 7.68. The Morgan fingerprint density at radius 3 is 2.53 bits per heavy atom. The number of likely N-dealkylation sites (N-methyl/N-ethyl adjacent to an activating group) is 1. The maximum atomic E-state index is 13.1. The minimum Gasteiger partial charge on any atom is -0.363 e. The van der Waals surface area contributed by atoms with Gasteiger partial charge in [-0.1, -0.05) is 23.7 Å². The van der Waals surface area contributed by atoms with E-state index in [1.54, 1.807) is 73.3 Å². The third kappa shape index (κ3) is 4.70. The van der Waals surface area contributed by atoms with E-state index in [2.05, 4.69) is 15.1 Å².